The van der Waals surface area contributed by atoms with E-state index in [0.29, 0.717) is 0 Å². The van der Waals surface area contributed by atoms with Gasteiger partial charge in [0.25, 0.3) is 0 Å². The molecule has 0 saturated carbocycles. The normalized spacial score (nSPS) is 18.2. The highest BCUT2D eigenvalue weighted by atomic mass is 15.1. The van der Waals surface area contributed by atoms with E-state index in [1.807, 2.05) is 12.2 Å². The van der Waals surface area contributed by atoms with Crippen LogP contribution in [0.4, 0.5) is 0 Å². The first-order valence-corrected chi connectivity index (χ1v) is 4.23. The maximum absolute atomic E-state index is 3.79. The second-order valence-electron chi connectivity index (χ2n) is 2.91. The highest BCUT2D eigenvalue weighted by molar-refractivity contribution is 5.29. The van der Waals surface area contributed by atoms with Gasteiger partial charge in [0.05, 0.1) is 11.4 Å². The van der Waals surface area contributed by atoms with Gasteiger partial charge in [-0.15, -0.1) is 0 Å². The molecule has 1 rings (SSSR count). The van der Waals surface area contributed by atoms with Crippen LogP contribution in [0.1, 0.15) is 6.42 Å². The molecule has 1 aliphatic heterocycles. The highest BCUT2D eigenvalue weighted by Crippen LogP contribution is 2.12. The maximum atomic E-state index is 3.79. The van der Waals surface area contributed by atoms with Gasteiger partial charge in [0.2, 0.25) is 0 Å². The number of nitrogens with zero attached hydrogens (tertiary/aromatic N) is 1. The summed E-state index contributed by atoms with van der Waals surface area (Å²) >= 11 is 0. The van der Waals surface area contributed by atoms with Gasteiger partial charge >= 0.3 is 0 Å². The molecule has 66 valence electrons. The molecule has 0 radical (unpaired) electrons. The Kier molecular flexibility index (Phi) is 2.97. The molecule has 0 saturated heterocycles. The fraction of sp³-hybridized carbons (Fsp3) is 0.400. The Morgan fingerprint density at radius 3 is 2.75 bits per heavy atom. The molecule has 0 amide bonds. The Balaban J connectivity index is 2.93. The van der Waals surface area contributed by atoms with Crippen LogP contribution in [0.3, 0.4) is 0 Å². The second kappa shape index (κ2) is 4.00. The summed E-state index contributed by atoms with van der Waals surface area (Å²) in [6, 6.07) is 0. The second-order valence-corrected chi connectivity index (χ2v) is 2.91. The van der Waals surface area contributed by atoms with Crippen LogP contribution in [-0.2, 0) is 0 Å². The lowest BCUT2D eigenvalue weighted by Gasteiger charge is -2.18. The molecule has 1 aliphatic rings. The molecule has 0 unspecified atom stereocenters. The van der Waals surface area contributed by atoms with E-state index >= 15 is 0 Å². The molecule has 0 spiro atoms. The van der Waals surface area contributed by atoms with Crippen molar-refractivity contribution in [2.24, 2.45) is 0 Å². The molecule has 1 N–H and O–H groups in total. The van der Waals surface area contributed by atoms with Gasteiger partial charge in [0, 0.05) is 20.1 Å². The summed E-state index contributed by atoms with van der Waals surface area (Å²) < 4.78 is 0. The van der Waals surface area contributed by atoms with E-state index < -0.39 is 0 Å². The van der Waals surface area contributed by atoms with Crippen LogP contribution >= 0.6 is 0 Å². The molecule has 12 heavy (non-hydrogen) atoms. The predicted octanol–water partition coefficient (Wildman–Crippen LogP) is 1.50. The maximum Gasteiger partial charge on any atom is 0.0593 e. The fourth-order valence-electron chi connectivity index (χ4n) is 1.40. The van der Waals surface area contributed by atoms with Gasteiger partial charge in [-0.3, -0.25) is 0 Å². The summed E-state index contributed by atoms with van der Waals surface area (Å²) in [7, 11) is 2.08. The van der Waals surface area contributed by atoms with Crippen LogP contribution < -0.4 is 5.32 Å². The minimum atomic E-state index is 1.02. The third-order valence-electron chi connectivity index (χ3n) is 2.07. The lowest BCUT2D eigenvalue weighted by atomic mass is 10.3. The van der Waals surface area contributed by atoms with Crippen molar-refractivity contribution in [1.82, 2.24) is 10.2 Å². The molecule has 0 aromatic carbocycles. The van der Waals surface area contributed by atoms with Crippen LogP contribution in [0.25, 0.3) is 0 Å². The van der Waals surface area contributed by atoms with Gasteiger partial charge in [0.1, 0.15) is 0 Å². The van der Waals surface area contributed by atoms with E-state index in [1.165, 1.54) is 0 Å². The van der Waals surface area contributed by atoms with Crippen molar-refractivity contribution in [3.63, 3.8) is 0 Å². The zero-order valence-corrected chi connectivity index (χ0v) is 7.64. The molecule has 0 atom stereocenters. The van der Waals surface area contributed by atoms with E-state index in [2.05, 4.69) is 30.4 Å². The zero-order valence-electron chi connectivity index (χ0n) is 7.64. The summed E-state index contributed by atoms with van der Waals surface area (Å²) in [6.07, 6.45) is 4.87. The van der Waals surface area contributed by atoms with Gasteiger partial charge in [-0.1, -0.05) is 13.2 Å². The Bertz CT molecular complexity index is 216. The first-order chi connectivity index (χ1) is 5.79. The van der Waals surface area contributed by atoms with Gasteiger partial charge in [0.15, 0.2) is 0 Å². The summed E-state index contributed by atoms with van der Waals surface area (Å²) in [5.74, 6) is 0. The summed E-state index contributed by atoms with van der Waals surface area (Å²) in [5, 5.41) is 3.31. The topological polar surface area (TPSA) is 15.3 Å². The molecule has 0 fully saturated rings. The number of nitrogens with one attached hydrogen (secondary N) is 1. The zero-order chi connectivity index (χ0) is 8.97. The van der Waals surface area contributed by atoms with Crippen molar-refractivity contribution >= 4 is 0 Å². The van der Waals surface area contributed by atoms with Crippen LogP contribution in [0.5, 0.6) is 0 Å². The molecule has 0 bridgehead atoms. The standard InChI is InChI=1S/C10H16N2/c1-4-9-10(5-2)12(3)8-6-7-11-9/h4-5,11H,1-2,6-8H2,3H3. The van der Waals surface area contributed by atoms with E-state index in [9.17, 15) is 0 Å². The van der Waals surface area contributed by atoms with Gasteiger partial charge in [-0.05, 0) is 18.6 Å². The Labute approximate surface area is 74.3 Å². The number of hydrogen-bond donors (Lipinski definition) is 1. The Morgan fingerprint density at radius 1 is 1.42 bits per heavy atom. The molecule has 1 heterocycles. The van der Waals surface area contributed by atoms with Crippen LogP contribution in [0.2, 0.25) is 0 Å². The van der Waals surface area contributed by atoms with Crippen molar-refractivity contribution in [1.29, 1.82) is 0 Å². The van der Waals surface area contributed by atoms with E-state index in [0.717, 1.165) is 30.9 Å². The predicted molar refractivity (Wildman–Crippen MR) is 52.7 cm³/mol. The smallest absolute Gasteiger partial charge is 0.0593 e. The first kappa shape index (κ1) is 8.91. The molecule has 0 aromatic rings. The van der Waals surface area contributed by atoms with Crippen molar-refractivity contribution in [3.8, 4) is 0 Å². The summed E-state index contributed by atoms with van der Waals surface area (Å²) in [6.45, 7) is 9.64. The highest BCUT2D eigenvalue weighted by Gasteiger charge is 2.09. The third-order valence-corrected chi connectivity index (χ3v) is 2.07. The molecular weight excluding hydrogens is 148 g/mol. The molecule has 0 aromatic heterocycles. The van der Waals surface area contributed by atoms with E-state index in [4.69, 9.17) is 0 Å². The van der Waals surface area contributed by atoms with Crippen molar-refractivity contribution < 1.29 is 0 Å². The van der Waals surface area contributed by atoms with E-state index in [1.54, 1.807) is 0 Å². The number of rotatable bonds is 2. The minimum absolute atomic E-state index is 1.02. The lowest BCUT2D eigenvalue weighted by molar-refractivity contribution is 0.431. The fourth-order valence-corrected chi connectivity index (χ4v) is 1.40. The molecule has 0 aliphatic carbocycles. The number of hydrogen-bond acceptors (Lipinski definition) is 2. The van der Waals surface area contributed by atoms with Crippen molar-refractivity contribution in [2.75, 3.05) is 20.1 Å². The minimum Gasteiger partial charge on any atom is -0.383 e. The van der Waals surface area contributed by atoms with Gasteiger partial charge < -0.3 is 10.2 Å². The monoisotopic (exact) mass is 164 g/mol. The van der Waals surface area contributed by atoms with Crippen molar-refractivity contribution in [3.05, 3.63) is 36.7 Å². The summed E-state index contributed by atoms with van der Waals surface area (Å²) in [4.78, 5) is 2.20. The Morgan fingerprint density at radius 2 is 2.17 bits per heavy atom. The van der Waals surface area contributed by atoms with Crippen molar-refractivity contribution in [2.45, 2.75) is 6.42 Å². The Hall–Kier alpha value is -1.18. The average molecular weight is 164 g/mol. The van der Waals surface area contributed by atoms with Crippen LogP contribution in [-0.4, -0.2) is 25.0 Å². The largest absolute Gasteiger partial charge is 0.383 e. The van der Waals surface area contributed by atoms with Crippen LogP contribution in [0, 0.1) is 0 Å². The average Bonchev–Trinajstić information content (AvgIpc) is 2.26. The van der Waals surface area contributed by atoms with Gasteiger partial charge in [-0.25, -0.2) is 0 Å². The van der Waals surface area contributed by atoms with E-state index in [-0.39, 0.29) is 0 Å². The molecular formula is C10H16N2. The summed E-state index contributed by atoms with van der Waals surface area (Å²) in [5.41, 5.74) is 2.23. The quantitative estimate of drug-likeness (QED) is 0.665. The van der Waals surface area contributed by atoms with Crippen LogP contribution in [0.15, 0.2) is 36.7 Å². The molecule has 2 nitrogen and oxygen atoms in total. The van der Waals surface area contributed by atoms with Gasteiger partial charge in [-0.2, -0.15) is 0 Å². The lowest BCUT2D eigenvalue weighted by Crippen LogP contribution is -2.17. The number of allylic oxidation sites excluding steroid dienone is 2. The molecule has 2 heteroatoms. The third kappa shape index (κ3) is 1.70. The first-order valence-electron chi connectivity index (χ1n) is 4.23. The number of likely N-dealkylation sites (N-methyl/N-ethyl adjacent to an activating group) is 1. The SMILES string of the molecule is C=CC1=C(C=C)N(C)CCCN1.